The summed E-state index contributed by atoms with van der Waals surface area (Å²) in [5.74, 6) is 0.800. The number of ether oxygens (including phenoxy) is 1. The fourth-order valence-electron chi connectivity index (χ4n) is 4.57. The Bertz CT molecular complexity index is 1240. The molecule has 1 aliphatic rings. The maximum atomic E-state index is 13.5. The van der Waals surface area contributed by atoms with Gasteiger partial charge >= 0.3 is 10.2 Å². The molecule has 0 aromatic heterocycles. The molecule has 1 aliphatic heterocycles. The first-order chi connectivity index (χ1) is 17.9. The molecule has 3 aromatic rings. The Balaban J connectivity index is 1.46. The third kappa shape index (κ3) is 6.50. The number of piperidine rings is 1. The number of hydrogen-bond acceptors (Lipinski definition) is 4. The van der Waals surface area contributed by atoms with Crippen molar-refractivity contribution in [1.29, 1.82) is 0 Å². The van der Waals surface area contributed by atoms with E-state index in [1.165, 1.54) is 8.61 Å². The van der Waals surface area contributed by atoms with Crippen molar-refractivity contribution >= 4 is 21.8 Å². The van der Waals surface area contributed by atoms with Crippen LogP contribution in [0.2, 0.25) is 0 Å². The minimum absolute atomic E-state index is 0.0501. The van der Waals surface area contributed by atoms with Gasteiger partial charge in [-0.2, -0.15) is 12.7 Å². The van der Waals surface area contributed by atoms with Gasteiger partial charge in [-0.25, -0.2) is 0 Å². The molecule has 0 aliphatic carbocycles. The van der Waals surface area contributed by atoms with Gasteiger partial charge in [-0.05, 0) is 42.0 Å². The van der Waals surface area contributed by atoms with Crippen molar-refractivity contribution in [2.45, 2.75) is 39.3 Å². The fourth-order valence-corrected chi connectivity index (χ4v) is 6.20. The Morgan fingerprint density at radius 2 is 1.43 bits per heavy atom. The molecule has 1 heterocycles. The van der Waals surface area contributed by atoms with Crippen molar-refractivity contribution in [3.8, 4) is 5.75 Å². The molecular formula is C29H35N3O4S. The molecule has 1 fully saturated rings. The van der Waals surface area contributed by atoms with Gasteiger partial charge < -0.3 is 9.64 Å². The Kier molecular flexibility index (Phi) is 8.84. The standard InChI is InChI=1S/C29H35N3O4S/c1-3-31(4-2)37(34,35)32(23-24-11-7-5-8-12-24)26-17-15-25(16-18-26)29(33)30-21-19-28(20-22-30)36-27-13-9-6-10-14-27/h5-18,28H,3-4,19-23H2,1-2H3. The first kappa shape index (κ1) is 26.7. The van der Waals surface area contributed by atoms with Crippen LogP contribution in [0.25, 0.3) is 0 Å². The molecule has 1 amide bonds. The Labute approximate surface area is 220 Å². The summed E-state index contributed by atoms with van der Waals surface area (Å²) < 4.78 is 35.9. The average Bonchev–Trinajstić information content (AvgIpc) is 2.93. The Hall–Kier alpha value is -3.36. The number of likely N-dealkylation sites (tertiary alicyclic amines) is 1. The highest BCUT2D eigenvalue weighted by Crippen LogP contribution is 2.25. The van der Waals surface area contributed by atoms with E-state index in [1.807, 2.05) is 79.4 Å². The van der Waals surface area contributed by atoms with Gasteiger partial charge in [0.05, 0.1) is 12.2 Å². The van der Waals surface area contributed by atoms with Crippen LogP contribution >= 0.6 is 0 Å². The highest BCUT2D eigenvalue weighted by atomic mass is 32.2. The Morgan fingerprint density at radius 3 is 2.00 bits per heavy atom. The molecule has 0 unspecified atom stereocenters. The molecule has 0 saturated carbocycles. The molecule has 0 N–H and O–H groups in total. The van der Waals surface area contributed by atoms with Crippen LogP contribution in [0.3, 0.4) is 0 Å². The molecule has 3 aromatic carbocycles. The Morgan fingerprint density at radius 1 is 0.865 bits per heavy atom. The predicted molar refractivity (Wildman–Crippen MR) is 147 cm³/mol. The molecule has 7 nitrogen and oxygen atoms in total. The normalized spacial score (nSPS) is 14.5. The van der Waals surface area contributed by atoms with Gasteiger partial charge in [0, 0.05) is 44.6 Å². The number of para-hydroxylation sites is 1. The highest BCUT2D eigenvalue weighted by Gasteiger charge is 2.29. The number of carbonyl (C=O) groups is 1. The van der Waals surface area contributed by atoms with Crippen molar-refractivity contribution in [2.75, 3.05) is 30.5 Å². The van der Waals surface area contributed by atoms with Gasteiger partial charge in [0.15, 0.2) is 0 Å². The largest absolute Gasteiger partial charge is 0.490 e. The molecule has 0 bridgehead atoms. The van der Waals surface area contributed by atoms with E-state index in [4.69, 9.17) is 4.74 Å². The lowest BCUT2D eigenvalue weighted by Gasteiger charge is -2.32. The lowest BCUT2D eigenvalue weighted by atomic mass is 10.1. The zero-order valence-electron chi connectivity index (χ0n) is 21.5. The summed E-state index contributed by atoms with van der Waals surface area (Å²) in [6.07, 6.45) is 1.63. The van der Waals surface area contributed by atoms with Gasteiger partial charge in [-0.15, -0.1) is 0 Å². The van der Waals surface area contributed by atoms with E-state index in [1.54, 1.807) is 24.3 Å². The molecule has 0 radical (unpaired) electrons. The van der Waals surface area contributed by atoms with Crippen LogP contribution in [0.1, 0.15) is 42.6 Å². The van der Waals surface area contributed by atoms with Crippen molar-refractivity contribution in [1.82, 2.24) is 9.21 Å². The minimum Gasteiger partial charge on any atom is -0.490 e. The smallest absolute Gasteiger partial charge is 0.304 e. The monoisotopic (exact) mass is 521 g/mol. The van der Waals surface area contributed by atoms with Crippen LogP contribution in [0, 0.1) is 0 Å². The van der Waals surface area contributed by atoms with Crippen LogP contribution in [0.4, 0.5) is 5.69 Å². The van der Waals surface area contributed by atoms with Gasteiger partial charge in [-0.1, -0.05) is 62.4 Å². The van der Waals surface area contributed by atoms with Crippen LogP contribution in [-0.4, -0.2) is 55.8 Å². The second-order valence-corrected chi connectivity index (χ2v) is 10.9. The molecule has 0 atom stereocenters. The van der Waals surface area contributed by atoms with Crippen molar-refractivity contribution in [2.24, 2.45) is 0 Å². The molecule has 8 heteroatoms. The summed E-state index contributed by atoms with van der Waals surface area (Å²) in [6.45, 7) is 5.87. The van der Waals surface area contributed by atoms with E-state index in [-0.39, 0.29) is 18.6 Å². The number of carbonyl (C=O) groups excluding carboxylic acids is 1. The highest BCUT2D eigenvalue weighted by molar-refractivity contribution is 7.90. The topological polar surface area (TPSA) is 70.2 Å². The number of rotatable bonds is 10. The van der Waals surface area contributed by atoms with E-state index < -0.39 is 10.2 Å². The van der Waals surface area contributed by atoms with E-state index in [0.29, 0.717) is 37.4 Å². The summed E-state index contributed by atoms with van der Waals surface area (Å²) in [7, 11) is -3.74. The lowest BCUT2D eigenvalue weighted by molar-refractivity contribution is 0.0595. The average molecular weight is 522 g/mol. The van der Waals surface area contributed by atoms with Crippen molar-refractivity contribution < 1.29 is 17.9 Å². The minimum atomic E-state index is -3.74. The molecule has 1 saturated heterocycles. The fraction of sp³-hybridized carbons (Fsp3) is 0.345. The molecule has 4 rings (SSSR count). The first-order valence-electron chi connectivity index (χ1n) is 12.8. The third-order valence-corrected chi connectivity index (χ3v) is 8.72. The summed E-state index contributed by atoms with van der Waals surface area (Å²) >= 11 is 0. The van der Waals surface area contributed by atoms with E-state index in [9.17, 15) is 13.2 Å². The van der Waals surface area contributed by atoms with Gasteiger partial charge in [0.2, 0.25) is 0 Å². The maximum Gasteiger partial charge on any atom is 0.304 e. The predicted octanol–water partition coefficient (Wildman–Crippen LogP) is 4.96. The van der Waals surface area contributed by atoms with E-state index in [0.717, 1.165) is 24.2 Å². The number of amides is 1. The molecule has 0 spiro atoms. The van der Waals surface area contributed by atoms with E-state index >= 15 is 0 Å². The summed E-state index contributed by atoms with van der Waals surface area (Å²) in [6, 6.07) is 26.2. The first-order valence-corrected chi connectivity index (χ1v) is 14.2. The van der Waals surface area contributed by atoms with Crippen LogP contribution < -0.4 is 9.04 Å². The summed E-state index contributed by atoms with van der Waals surface area (Å²) in [5.41, 5.74) is 1.97. The van der Waals surface area contributed by atoms with Gasteiger partial charge in [-0.3, -0.25) is 9.10 Å². The van der Waals surface area contributed by atoms with Crippen LogP contribution in [0.15, 0.2) is 84.9 Å². The van der Waals surface area contributed by atoms with Crippen molar-refractivity contribution in [3.05, 3.63) is 96.1 Å². The lowest BCUT2D eigenvalue weighted by Crippen LogP contribution is -2.43. The zero-order valence-corrected chi connectivity index (χ0v) is 22.3. The third-order valence-electron chi connectivity index (χ3n) is 6.66. The molecule has 37 heavy (non-hydrogen) atoms. The number of nitrogens with zero attached hydrogens (tertiary/aromatic N) is 3. The zero-order chi connectivity index (χ0) is 26.3. The number of hydrogen-bond donors (Lipinski definition) is 0. The maximum absolute atomic E-state index is 13.5. The molecular weight excluding hydrogens is 486 g/mol. The summed E-state index contributed by atoms with van der Waals surface area (Å²) in [5, 5.41) is 0. The summed E-state index contributed by atoms with van der Waals surface area (Å²) in [4.78, 5) is 15.0. The number of anilines is 1. The quantitative estimate of drug-likeness (QED) is 0.378. The number of benzene rings is 3. The molecule has 196 valence electrons. The van der Waals surface area contributed by atoms with Crippen molar-refractivity contribution in [3.63, 3.8) is 0 Å². The van der Waals surface area contributed by atoms with Crippen LogP contribution in [0.5, 0.6) is 5.75 Å². The SMILES string of the molecule is CCN(CC)S(=O)(=O)N(Cc1ccccc1)c1ccc(C(=O)N2CCC(Oc3ccccc3)CC2)cc1. The van der Waals surface area contributed by atoms with Gasteiger partial charge in [0.1, 0.15) is 11.9 Å². The van der Waals surface area contributed by atoms with Gasteiger partial charge in [0.25, 0.3) is 5.91 Å². The second-order valence-electron chi connectivity index (χ2n) is 9.05. The van der Waals surface area contributed by atoms with Crippen LogP contribution in [-0.2, 0) is 16.8 Å². The van der Waals surface area contributed by atoms with E-state index in [2.05, 4.69) is 0 Å². The second kappa shape index (κ2) is 12.3.